The lowest BCUT2D eigenvalue weighted by molar-refractivity contribution is -0.123. The maximum absolute atomic E-state index is 12.4. The fraction of sp³-hybridized carbons (Fsp3) is 0.759. The molecule has 0 aliphatic carbocycles. The van der Waals surface area contributed by atoms with Crippen molar-refractivity contribution in [2.24, 2.45) is 0 Å². The highest BCUT2D eigenvalue weighted by atomic mass is 16.3. The largest absolute Gasteiger partial charge is 0.394 e. The minimum absolute atomic E-state index is 0.0735. The molecule has 0 spiro atoms. The van der Waals surface area contributed by atoms with Crippen LogP contribution < -0.4 is 5.32 Å². The molecule has 0 fully saturated rings. The highest BCUT2D eigenvalue weighted by molar-refractivity contribution is 5.76. The summed E-state index contributed by atoms with van der Waals surface area (Å²) in [5, 5.41) is 23.2. The Labute approximate surface area is 361 Å². The molecular formula is C54H97NO3. The van der Waals surface area contributed by atoms with Crippen LogP contribution in [0.25, 0.3) is 0 Å². The number of amides is 1. The van der Waals surface area contributed by atoms with Crippen LogP contribution in [0, 0.1) is 0 Å². The Morgan fingerprint density at radius 3 is 1.10 bits per heavy atom. The van der Waals surface area contributed by atoms with Crippen LogP contribution in [-0.2, 0) is 4.79 Å². The van der Waals surface area contributed by atoms with Gasteiger partial charge in [-0.3, -0.25) is 4.79 Å². The van der Waals surface area contributed by atoms with Gasteiger partial charge in [0.25, 0.3) is 0 Å². The van der Waals surface area contributed by atoms with E-state index in [1.54, 1.807) is 0 Å². The van der Waals surface area contributed by atoms with E-state index in [1.807, 2.05) is 0 Å². The maximum Gasteiger partial charge on any atom is 0.220 e. The van der Waals surface area contributed by atoms with Crippen molar-refractivity contribution < 1.29 is 15.0 Å². The van der Waals surface area contributed by atoms with Crippen molar-refractivity contribution in [1.82, 2.24) is 5.32 Å². The number of hydrogen-bond donors (Lipinski definition) is 3. The Morgan fingerprint density at radius 2 is 0.759 bits per heavy atom. The minimum Gasteiger partial charge on any atom is -0.394 e. The third-order valence-electron chi connectivity index (χ3n) is 11.2. The summed E-state index contributed by atoms with van der Waals surface area (Å²) in [6.07, 6.45) is 70.1. The van der Waals surface area contributed by atoms with E-state index in [2.05, 4.69) is 92.1 Å². The molecule has 0 aromatic heterocycles. The molecule has 2 unspecified atom stereocenters. The van der Waals surface area contributed by atoms with Gasteiger partial charge in [0.05, 0.1) is 18.8 Å². The third-order valence-corrected chi connectivity index (χ3v) is 11.2. The molecule has 4 heteroatoms. The summed E-state index contributed by atoms with van der Waals surface area (Å²) in [6, 6.07) is -0.565. The number of nitrogens with one attached hydrogen (secondary N) is 1. The first-order valence-electron chi connectivity index (χ1n) is 25.1. The van der Waals surface area contributed by atoms with E-state index in [4.69, 9.17) is 0 Å². The number of rotatable bonds is 45. The number of carbonyl (C=O) groups excluding carboxylic acids is 1. The van der Waals surface area contributed by atoms with Gasteiger partial charge in [-0.15, -0.1) is 0 Å². The van der Waals surface area contributed by atoms with Crippen LogP contribution in [0.3, 0.4) is 0 Å². The second kappa shape index (κ2) is 49.2. The maximum atomic E-state index is 12.4. The number of hydrogen-bond acceptors (Lipinski definition) is 3. The summed E-state index contributed by atoms with van der Waals surface area (Å²) in [6.45, 7) is 4.24. The van der Waals surface area contributed by atoms with Crippen LogP contribution in [0.15, 0.2) is 72.9 Å². The monoisotopic (exact) mass is 808 g/mol. The van der Waals surface area contributed by atoms with Crippen molar-refractivity contribution in [3.8, 4) is 0 Å². The van der Waals surface area contributed by atoms with Crippen LogP contribution in [0.2, 0.25) is 0 Å². The van der Waals surface area contributed by atoms with Gasteiger partial charge >= 0.3 is 0 Å². The van der Waals surface area contributed by atoms with Crippen molar-refractivity contribution in [3.63, 3.8) is 0 Å². The first-order valence-corrected chi connectivity index (χ1v) is 25.1. The Bertz CT molecular complexity index is 1010. The average Bonchev–Trinajstić information content (AvgIpc) is 3.23. The molecule has 1 amide bonds. The predicted molar refractivity (Wildman–Crippen MR) is 257 cm³/mol. The van der Waals surface area contributed by atoms with Crippen LogP contribution >= 0.6 is 0 Å². The van der Waals surface area contributed by atoms with Gasteiger partial charge in [-0.25, -0.2) is 0 Å². The second-order valence-corrected chi connectivity index (χ2v) is 16.9. The average molecular weight is 808 g/mol. The lowest BCUT2D eigenvalue weighted by Gasteiger charge is -2.22. The van der Waals surface area contributed by atoms with Gasteiger partial charge in [-0.1, -0.05) is 247 Å². The summed E-state index contributed by atoms with van der Waals surface area (Å²) >= 11 is 0. The van der Waals surface area contributed by atoms with Crippen molar-refractivity contribution >= 4 is 5.91 Å². The van der Waals surface area contributed by atoms with Crippen molar-refractivity contribution in [2.75, 3.05) is 6.61 Å². The molecule has 2 atom stereocenters. The zero-order valence-electron chi connectivity index (χ0n) is 38.5. The van der Waals surface area contributed by atoms with Crippen LogP contribution in [0.4, 0.5) is 0 Å². The summed E-state index contributed by atoms with van der Waals surface area (Å²) in [7, 11) is 0. The SMILES string of the molecule is CC/C=C\C/C=C\C/C=C\C/C=C\C/C=C\C/C=C\CCCCC(=O)NC(CO)C(O)CCCCCCCCCCCCCCCCCCCCCCCCCCC. The molecule has 4 nitrogen and oxygen atoms in total. The van der Waals surface area contributed by atoms with E-state index in [9.17, 15) is 15.0 Å². The normalized spacial score (nSPS) is 13.5. The number of aliphatic hydroxyl groups is 2. The van der Waals surface area contributed by atoms with Crippen molar-refractivity contribution in [1.29, 1.82) is 0 Å². The molecule has 0 aliphatic heterocycles. The molecular weight excluding hydrogens is 711 g/mol. The van der Waals surface area contributed by atoms with Gasteiger partial charge in [-0.2, -0.15) is 0 Å². The Morgan fingerprint density at radius 1 is 0.431 bits per heavy atom. The molecule has 0 radical (unpaired) electrons. The lowest BCUT2D eigenvalue weighted by Crippen LogP contribution is -2.45. The quantitative estimate of drug-likeness (QED) is 0.0424. The lowest BCUT2D eigenvalue weighted by atomic mass is 10.0. The standard InChI is InChI=1S/C54H97NO3/c1-3-5-7-9-11-13-15-17-19-21-23-25-26-27-28-30-31-33-35-37-39-41-43-45-47-49-53(57)52(51-56)55-54(58)50-48-46-44-42-40-38-36-34-32-29-24-22-20-18-16-14-12-10-8-6-4-2/h6,8,12,14,18,20,24,29,34,36,40,42,52-53,56-57H,3-5,7,9-11,13,15-17,19,21-23,25-28,30-33,35,37-39,41,43-51H2,1-2H3,(H,55,58)/b8-6-,14-12-,20-18-,29-24-,36-34-,42-40-. The summed E-state index contributed by atoms with van der Waals surface area (Å²) in [5.41, 5.74) is 0. The molecule has 0 saturated heterocycles. The number of allylic oxidation sites excluding steroid dienone is 12. The van der Waals surface area contributed by atoms with E-state index in [-0.39, 0.29) is 12.5 Å². The van der Waals surface area contributed by atoms with E-state index >= 15 is 0 Å². The van der Waals surface area contributed by atoms with E-state index in [0.29, 0.717) is 12.8 Å². The number of unbranched alkanes of at least 4 members (excludes halogenated alkanes) is 26. The smallest absolute Gasteiger partial charge is 0.220 e. The molecule has 3 N–H and O–H groups in total. The van der Waals surface area contributed by atoms with Gasteiger partial charge in [0.2, 0.25) is 5.91 Å². The van der Waals surface area contributed by atoms with Crippen LogP contribution in [0.1, 0.15) is 245 Å². The highest BCUT2D eigenvalue weighted by Gasteiger charge is 2.19. The summed E-state index contributed by atoms with van der Waals surface area (Å²) in [5.74, 6) is -0.0735. The minimum atomic E-state index is -0.683. The molecule has 0 heterocycles. The first-order chi connectivity index (χ1) is 28.7. The molecule has 0 bridgehead atoms. The zero-order chi connectivity index (χ0) is 42.1. The molecule has 0 aliphatic rings. The van der Waals surface area contributed by atoms with Gasteiger partial charge in [0, 0.05) is 6.42 Å². The van der Waals surface area contributed by atoms with E-state index in [0.717, 1.165) is 70.6 Å². The van der Waals surface area contributed by atoms with Crippen LogP contribution in [0.5, 0.6) is 0 Å². The third kappa shape index (κ3) is 44.9. The number of carbonyl (C=O) groups is 1. The molecule has 0 aromatic carbocycles. The Kier molecular flexibility index (Phi) is 47.4. The van der Waals surface area contributed by atoms with E-state index in [1.165, 1.54) is 148 Å². The summed E-state index contributed by atoms with van der Waals surface area (Å²) in [4.78, 5) is 12.4. The Balaban J connectivity index is 3.57. The van der Waals surface area contributed by atoms with Gasteiger partial charge in [-0.05, 0) is 64.2 Å². The van der Waals surface area contributed by atoms with Gasteiger partial charge < -0.3 is 15.5 Å². The molecule has 0 rings (SSSR count). The second-order valence-electron chi connectivity index (χ2n) is 16.9. The Hall–Kier alpha value is -2.17. The fourth-order valence-electron chi connectivity index (χ4n) is 7.42. The molecule has 0 saturated carbocycles. The van der Waals surface area contributed by atoms with Gasteiger partial charge in [0.1, 0.15) is 0 Å². The zero-order valence-corrected chi connectivity index (χ0v) is 38.5. The fourth-order valence-corrected chi connectivity index (χ4v) is 7.42. The molecule has 0 aromatic rings. The number of aliphatic hydroxyl groups excluding tert-OH is 2. The van der Waals surface area contributed by atoms with Crippen molar-refractivity contribution in [2.45, 2.75) is 257 Å². The predicted octanol–water partition coefficient (Wildman–Crippen LogP) is 16.2. The molecule has 336 valence electrons. The topological polar surface area (TPSA) is 69.6 Å². The first kappa shape index (κ1) is 55.8. The van der Waals surface area contributed by atoms with Crippen LogP contribution in [-0.4, -0.2) is 34.9 Å². The van der Waals surface area contributed by atoms with E-state index < -0.39 is 12.1 Å². The highest BCUT2D eigenvalue weighted by Crippen LogP contribution is 2.17. The van der Waals surface area contributed by atoms with Gasteiger partial charge in [0.15, 0.2) is 0 Å². The summed E-state index contributed by atoms with van der Waals surface area (Å²) < 4.78 is 0. The van der Waals surface area contributed by atoms with Crippen molar-refractivity contribution in [3.05, 3.63) is 72.9 Å². The molecule has 58 heavy (non-hydrogen) atoms.